The lowest BCUT2D eigenvalue weighted by atomic mass is 10.1. The summed E-state index contributed by atoms with van der Waals surface area (Å²) < 4.78 is 10.5. The fourth-order valence-electron chi connectivity index (χ4n) is 2.35. The number of esters is 1. The highest BCUT2D eigenvalue weighted by Gasteiger charge is 2.24. The van der Waals surface area contributed by atoms with Gasteiger partial charge in [-0.3, -0.25) is 9.59 Å². The van der Waals surface area contributed by atoms with Crippen molar-refractivity contribution in [1.29, 1.82) is 0 Å². The molecule has 0 spiro atoms. The average Bonchev–Trinajstić information content (AvgIpc) is 2.63. The number of nitrogens with zero attached hydrogens (tertiary/aromatic N) is 1. The van der Waals surface area contributed by atoms with Gasteiger partial charge in [-0.05, 0) is 31.5 Å². The van der Waals surface area contributed by atoms with E-state index in [1.165, 1.54) is 0 Å². The number of benzene rings is 1. The van der Waals surface area contributed by atoms with Crippen molar-refractivity contribution in [3.8, 4) is 5.75 Å². The van der Waals surface area contributed by atoms with Crippen LogP contribution in [-0.2, 0) is 14.3 Å². The summed E-state index contributed by atoms with van der Waals surface area (Å²) in [4.78, 5) is 25.4. The predicted molar refractivity (Wildman–Crippen MR) is 82.8 cm³/mol. The predicted octanol–water partition coefficient (Wildman–Crippen LogP) is 1.77. The molecule has 22 heavy (non-hydrogen) atoms. The van der Waals surface area contributed by atoms with Gasteiger partial charge < -0.3 is 20.1 Å². The van der Waals surface area contributed by atoms with Crippen molar-refractivity contribution in [2.45, 2.75) is 32.7 Å². The second-order valence-corrected chi connectivity index (χ2v) is 5.21. The lowest BCUT2D eigenvalue weighted by molar-refractivity contribution is -0.142. The van der Waals surface area contributed by atoms with E-state index in [4.69, 9.17) is 15.2 Å². The Kier molecular flexibility index (Phi) is 5.38. The summed E-state index contributed by atoms with van der Waals surface area (Å²) in [6.07, 6.45) is 0.437. The number of ether oxygens (including phenoxy) is 2. The molecule has 0 aliphatic carbocycles. The van der Waals surface area contributed by atoms with Crippen LogP contribution in [0.1, 0.15) is 38.3 Å². The van der Waals surface area contributed by atoms with E-state index < -0.39 is 0 Å². The van der Waals surface area contributed by atoms with E-state index in [0.717, 1.165) is 5.56 Å². The van der Waals surface area contributed by atoms with Crippen molar-refractivity contribution in [2.24, 2.45) is 5.73 Å². The summed E-state index contributed by atoms with van der Waals surface area (Å²) in [6, 6.07) is 5.43. The highest BCUT2D eigenvalue weighted by atomic mass is 16.5. The number of hydrogen-bond donors (Lipinski definition) is 1. The number of hydrogen-bond acceptors (Lipinski definition) is 5. The number of carbonyl (C=O) groups is 2. The Labute approximate surface area is 130 Å². The number of nitrogens with two attached hydrogens (primary N) is 1. The number of carbonyl (C=O) groups excluding carboxylic acids is 2. The first kappa shape index (κ1) is 16.3. The van der Waals surface area contributed by atoms with E-state index in [2.05, 4.69) is 0 Å². The van der Waals surface area contributed by atoms with Gasteiger partial charge in [0.2, 0.25) is 5.91 Å². The van der Waals surface area contributed by atoms with Crippen molar-refractivity contribution in [1.82, 2.24) is 0 Å². The van der Waals surface area contributed by atoms with E-state index in [9.17, 15) is 9.59 Å². The van der Waals surface area contributed by atoms with Gasteiger partial charge in [0.1, 0.15) is 5.75 Å². The van der Waals surface area contributed by atoms with Crippen LogP contribution < -0.4 is 15.4 Å². The first-order valence-electron chi connectivity index (χ1n) is 7.51. The highest BCUT2D eigenvalue weighted by molar-refractivity contribution is 5.96. The quantitative estimate of drug-likeness (QED) is 0.838. The third-order valence-corrected chi connectivity index (χ3v) is 3.52. The fourth-order valence-corrected chi connectivity index (χ4v) is 2.35. The minimum Gasteiger partial charge on any atom is -0.491 e. The molecule has 0 bridgehead atoms. The summed E-state index contributed by atoms with van der Waals surface area (Å²) in [5, 5.41) is 0. The van der Waals surface area contributed by atoms with Crippen molar-refractivity contribution in [2.75, 3.05) is 24.7 Å². The maximum absolute atomic E-state index is 12.3. The molecule has 2 N–H and O–H groups in total. The molecule has 1 atom stereocenters. The van der Waals surface area contributed by atoms with Crippen molar-refractivity contribution in [3.05, 3.63) is 23.8 Å². The molecule has 6 heteroatoms. The minimum absolute atomic E-state index is 0.0649. The molecule has 1 aliphatic rings. The summed E-state index contributed by atoms with van der Waals surface area (Å²) in [5.74, 6) is 0.259. The molecule has 0 saturated heterocycles. The molecule has 120 valence electrons. The van der Waals surface area contributed by atoms with Gasteiger partial charge >= 0.3 is 5.97 Å². The molecule has 1 heterocycles. The maximum Gasteiger partial charge on any atom is 0.307 e. The average molecular weight is 306 g/mol. The fraction of sp³-hybridized carbons (Fsp3) is 0.500. The molecule has 1 aliphatic heterocycles. The number of amides is 1. The molecule has 1 aromatic carbocycles. The Balaban J connectivity index is 2.25. The smallest absolute Gasteiger partial charge is 0.307 e. The molecule has 0 fully saturated rings. The van der Waals surface area contributed by atoms with Crippen molar-refractivity contribution >= 4 is 17.6 Å². The summed E-state index contributed by atoms with van der Waals surface area (Å²) in [5.41, 5.74) is 7.49. The lowest BCUT2D eigenvalue weighted by Gasteiger charge is -2.22. The van der Waals surface area contributed by atoms with Crippen LogP contribution in [0.4, 0.5) is 5.69 Å². The SMILES string of the molecule is CCOC(=O)CCN1C(=O)CCOc2ccc(C(C)N)cc21. The molecule has 6 nitrogen and oxygen atoms in total. The summed E-state index contributed by atoms with van der Waals surface area (Å²) >= 11 is 0. The number of rotatable bonds is 5. The van der Waals surface area contributed by atoms with Crippen LogP contribution in [0.5, 0.6) is 5.75 Å². The van der Waals surface area contributed by atoms with Gasteiger partial charge in [-0.25, -0.2) is 0 Å². The zero-order valence-corrected chi connectivity index (χ0v) is 13.0. The van der Waals surface area contributed by atoms with Gasteiger partial charge in [-0.15, -0.1) is 0 Å². The topological polar surface area (TPSA) is 81.9 Å². The molecule has 2 rings (SSSR count). The van der Waals surface area contributed by atoms with E-state index in [1.54, 1.807) is 11.8 Å². The Bertz CT molecular complexity index is 557. The Morgan fingerprint density at radius 1 is 1.50 bits per heavy atom. The molecule has 0 aromatic heterocycles. The van der Waals surface area contributed by atoms with E-state index in [-0.39, 0.29) is 37.3 Å². The molecule has 0 radical (unpaired) electrons. The van der Waals surface area contributed by atoms with Gasteiger partial charge in [0.05, 0.1) is 31.7 Å². The lowest BCUT2D eigenvalue weighted by Crippen LogP contribution is -2.32. The summed E-state index contributed by atoms with van der Waals surface area (Å²) in [6.45, 7) is 4.58. The second-order valence-electron chi connectivity index (χ2n) is 5.21. The third kappa shape index (κ3) is 3.76. The number of fused-ring (bicyclic) bond motifs is 1. The van der Waals surface area contributed by atoms with E-state index in [1.807, 2.05) is 25.1 Å². The molecule has 1 aromatic rings. The van der Waals surface area contributed by atoms with Crippen LogP contribution in [0.25, 0.3) is 0 Å². The number of anilines is 1. The summed E-state index contributed by atoms with van der Waals surface area (Å²) in [7, 11) is 0. The zero-order chi connectivity index (χ0) is 16.1. The maximum atomic E-state index is 12.3. The van der Waals surface area contributed by atoms with Crippen LogP contribution in [0.15, 0.2) is 18.2 Å². The Morgan fingerprint density at radius 3 is 2.95 bits per heavy atom. The monoisotopic (exact) mass is 306 g/mol. The first-order valence-corrected chi connectivity index (χ1v) is 7.51. The standard InChI is InChI=1S/C16H22N2O4/c1-3-21-16(20)6-8-18-13-10-12(11(2)17)4-5-14(13)22-9-7-15(18)19/h4-5,10-11H,3,6-9,17H2,1-2H3. The Hall–Kier alpha value is -2.08. The van der Waals surface area contributed by atoms with Crippen molar-refractivity contribution in [3.63, 3.8) is 0 Å². The molecular weight excluding hydrogens is 284 g/mol. The first-order chi connectivity index (χ1) is 10.5. The largest absolute Gasteiger partial charge is 0.491 e. The molecule has 1 unspecified atom stereocenters. The van der Waals surface area contributed by atoms with Gasteiger partial charge in [-0.1, -0.05) is 6.07 Å². The van der Waals surface area contributed by atoms with Crippen molar-refractivity contribution < 1.29 is 19.1 Å². The van der Waals surface area contributed by atoms with Crippen LogP contribution >= 0.6 is 0 Å². The molecular formula is C16H22N2O4. The highest BCUT2D eigenvalue weighted by Crippen LogP contribution is 2.33. The zero-order valence-electron chi connectivity index (χ0n) is 13.0. The van der Waals surface area contributed by atoms with E-state index in [0.29, 0.717) is 24.7 Å². The van der Waals surface area contributed by atoms with Crippen LogP contribution in [0.2, 0.25) is 0 Å². The van der Waals surface area contributed by atoms with Crippen LogP contribution in [0.3, 0.4) is 0 Å². The normalized spacial score (nSPS) is 15.6. The van der Waals surface area contributed by atoms with Gasteiger partial charge in [0, 0.05) is 12.6 Å². The third-order valence-electron chi connectivity index (χ3n) is 3.52. The Morgan fingerprint density at radius 2 is 2.27 bits per heavy atom. The molecule has 1 amide bonds. The second kappa shape index (κ2) is 7.26. The van der Waals surface area contributed by atoms with Gasteiger partial charge in [0.25, 0.3) is 0 Å². The van der Waals surface area contributed by atoms with Gasteiger partial charge in [0.15, 0.2) is 0 Å². The van der Waals surface area contributed by atoms with Crippen LogP contribution in [0, 0.1) is 0 Å². The van der Waals surface area contributed by atoms with E-state index >= 15 is 0 Å². The van der Waals surface area contributed by atoms with Crippen LogP contribution in [-0.4, -0.2) is 31.6 Å². The van der Waals surface area contributed by atoms with Gasteiger partial charge in [-0.2, -0.15) is 0 Å². The molecule has 0 saturated carbocycles. The minimum atomic E-state index is -0.314.